The smallest absolute Gasteiger partial charge is 0.223 e. The van der Waals surface area contributed by atoms with Gasteiger partial charge in [0.15, 0.2) is 0 Å². The van der Waals surface area contributed by atoms with E-state index in [4.69, 9.17) is 10.5 Å². The molecule has 1 unspecified atom stereocenters. The lowest BCUT2D eigenvalue weighted by atomic mass is 9.92. The number of rotatable bonds is 2. The van der Waals surface area contributed by atoms with Crippen molar-refractivity contribution in [3.63, 3.8) is 0 Å². The Balaban J connectivity index is 1.78. The van der Waals surface area contributed by atoms with Crippen molar-refractivity contribution in [3.8, 4) is 5.75 Å². The molecule has 1 atom stereocenters. The van der Waals surface area contributed by atoms with Crippen molar-refractivity contribution in [1.29, 1.82) is 0 Å². The topological polar surface area (TPSA) is 73.9 Å². The van der Waals surface area contributed by atoms with E-state index in [9.17, 15) is 0 Å². The zero-order chi connectivity index (χ0) is 13.5. The van der Waals surface area contributed by atoms with E-state index in [1.165, 1.54) is 0 Å². The zero-order valence-electron chi connectivity index (χ0n) is 11.1. The number of benzene rings is 1. The fourth-order valence-electron chi connectivity index (χ4n) is 2.72. The lowest BCUT2D eigenvalue weighted by Gasteiger charge is -2.25. The minimum absolute atomic E-state index is 0.155. The Morgan fingerprint density at radius 2 is 1.80 bits per heavy atom. The molecule has 0 spiro atoms. The monoisotopic (exact) mass is 268 g/mol. The van der Waals surface area contributed by atoms with Gasteiger partial charge in [0.05, 0.1) is 12.5 Å². The van der Waals surface area contributed by atoms with Crippen LogP contribution in [-0.4, -0.2) is 21.6 Å². The first-order valence-electron chi connectivity index (χ1n) is 7.04. The first-order chi connectivity index (χ1) is 9.81. The predicted octanol–water partition coefficient (Wildman–Crippen LogP) is 2.25. The normalized spacial score (nSPS) is 21.1. The summed E-state index contributed by atoms with van der Waals surface area (Å²) in [5, 5.41) is 0. The van der Waals surface area contributed by atoms with Crippen molar-refractivity contribution in [1.82, 2.24) is 15.0 Å². The summed E-state index contributed by atoms with van der Waals surface area (Å²) in [4.78, 5) is 13.3. The molecule has 0 bridgehead atoms. The summed E-state index contributed by atoms with van der Waals surface area (Å²) in [5.41, 5.74) is 7.00. The number of hydrogen-bond acceptors (Lipinski definition) is 5. The van der Waals surface area contributed by atoms with Gasteiger partial charge in [0, 0.05) is 11.5 Å². The average Bonchev–Trinajstić information content (AvgIpc) is 3.30. The van der Waals surface area contributed by atoms with Crippen molar-refractivity contribution < 1.29 is 4.74 Å². The van der Waals surface area contributed by atoms with Crippen LogP contribution >= 0.6 is 0 Å². The molecule has 102 valence electrons. The van der Waals surface area contributed by atoms with Gasteiger partial charge in [0.1, 0.15) is 17.4 Å². The van der Waals surface area contributed by atoms with Gasteiger partial charge in [0.25, 0.3) is 0 Å². The Bertz CT molecular complexity index is 654. The number of nitrogen functional groups attached to an aromatic ring is 1. The highest BCUT2D eigenvalue weighted by Gasteiger charge is 2.30. The van der Waals surface area contributed by atoms with E-state index in [1.54, 1.807) is 0 Å². The minimum Gasteiger partial charge on any atom is -0.493 e. The van der Waals surface area contributed by atoms with E-state index in [0.717, 1.165) is 42.2 Å². The molecular formula is C15H16N4O. The molecule has 2 heterocycles. The molecule has 2 N–H and O–H groups in total. The molecule has 2 aromatic rings. The Morgan fingerprint density at radius 3 is 2.65 bits per heavy atom. The Kier molecular flexibility index (Phi) is 2.58. The number of fused-ring (bicyclic) bond motifs is 1. The number of nitrogens with two attached hydrogens (primary N) is 1. The molecule has 4 rings (SSSR count). The van der Waals surface area contributed by atoms with E-state index < -0.39 is 0 Å². The maximum atomic E-state index is 5.86. The molecule has 20 heavy (non-hydrogen) atoms. The lowest BCUT2D eigenvalue weighted by molar-refractivity contribution is 0.274. The fourth-order valence-corrected chi connectivity index (χ4v) is 2.72. The maximum Gasteiger partial charge on any atom is 0.223 e. The van der Waals surface area contributed by atoms with Crippen LogP contribution in [0, 0.1) is 0 Å². The second kappa shape index (κ2) is 4.44. The van der Waals surface area contributed by atoms with Gasteiger partial charge in [-0.15, -0.1) is 0 Å². The highest BCUT2D eigenvalue weighted by molar-refractivity contribution is 5.41. The first kappa shape index (κ1) is 11.6. The van der Waals surface area contributed by atoms with Crippen LogP contribution in [0.4, 0.5) is 5.95 Å². The van der Waals surface area contributed by atoms with Crippen LogP contribution in [0.15, 0.2) is 24.3 Å². The summed E-state index contributed by atoms with van der Waals surface area (Å²) >= 11 is 0. The van der Waals surface area contributed by atoms with Gasteiger partial charge in [-0.3, -0.25) is 0 Å². The van der Waals surface area contributed by atoms with Crippen molar-refractivity contribution >= 4 is 5.95 Å². The molecule has 2 aliphatic rings. The number of aromatic nitrogens is 3. The Hall–Kier alpha value is -2.17. The Labute approximate surface area is 117 Å². The van der Waals surface area contributed by atoms with Crippen molar-refractivity contribution in [3.05, 3.63) is 41.5 Å². The quantitative estimate of drug-likeness (QED) is 0.904. The largest absolute Gasteiger partial charge is 0.493 e. The minimum atomic E-state index is 0.155. The van der Waals surface area contributed by atoms with Crippen molar-refractivity contribution in [2.45, 2.75) is 31.1 Å². The van der Waals surface area contributed by atoms with Crippen LogP contribution < -0.4 is 10.5 Å². The van der Waals surface area contributed by atoms with Gasteiger partial charge in [-0.05, 0) is 25.3 Å². The van der Waals surface area contributed by atoms with Gasteiger partial charge < -0.3 is 10.5 Å². The third kappa shape index (κ3) is 1.99. The molecule has 1 aromatic heterocycles. The molecular weight excluding hydrogens is 252 g/mol. The van der Waals surface area contributed by atoms with Crippen molar-refractivity contribution in [2.75, 3.05) is 12.3 Å². The van der Waals surface area contributed by atoms with E-state index in [-0.39, 0.29) is 5.92 Å². The molecule has 1 aliphatic carbocycles. The van der Waals surface area contributed by atoms with Crippen molar-refractivity contribution in [2.24, 2.45) is 0 Å². The average molecular weight is 268 g/mol. The van der Waals surface area contributed by atoms with Gasteiger partial charge >= 0.3 is 0 Å². The molecule has 1 saturated carbocycles. The summed E-state index contributed by atoms with van der Waals surface area (Å²) in [7, 11) is 0. The zero-order valence-corrected chi connectivity index (χ0v) is 11.1. The number of hydrogen-bond donors (Lipinski definition) is 1. The number of anilines is 1. The Morgan fingerprint density at radius 1 is 1.00 bits per heavy atom. The third-order valence-corrected chi connectivity index (χ3v) is 3.90. The first-order valence-corrected chi connectivity index (χ1v) is 7.04. The SMILES string of the molecule is Nc1nc(C2CC2)nc(C2CCOc3ccccc32)n1. The van der Waals surface area contributed by atoms with Crippen LogP contribution in [0.25, 0.3) is 0 Å². The fraction of sp³-hybridized carbons (Fsp3) is 0.400. The van der Waals surface area contributed by atoms with Crippen LogP contribution in [0.5, 0.6) is 5.75 Å². The predicted molar refractivity (Wildman–Crippen MR) is 74.6 cm³/mol. The molecule has 1 fully saturated rings. The summed E-state index contributed by atoms with van der Waals surface area (Å²) < 4.78 is 5.69. The highest BCUT2D eigenvalue weighted by Crippen LogP contribution is 2.40. The molecule has 0 radical (unpaired) electrons. The van der Waals surface area contributed by atoms with E-state index in [2.05, 4.69) is 21.0 Å². The molecule has 0 amide bonds. The number of para-hydroxylation sites is 1. The van der Waals surface area contributed by atoms with E-state index in [1.807, 2.05) is 18.2 Å². The summed E-state index contributed by atoms with van der Waals surface area (Å²) in [6, 6.07) is 8.08. The van der Waals surface area contributed by atoms with Crippen LogP contribution in [0.2, 0.25) is 0 Å². The van der Waals surface area contributed by atoms with Crippen LogP contribution in [0.3, 0.4) is 0 Å². The van der Waals surface area contributed by atoms with Gasteiger partial charge in [-0.25, -0.2) is 4.98 Å². The van der Waals surface area contributed by atoms with Gasteiger partial charge in [-0.2, -0.15) is 9.97 Å². The standard InChI is InChI=1S/C15H16N4O/c16-15-18-13(9-5-6-9)17-14(19-15)11-7-8-20-12-4-2-1-3-10(11)12/h1-4,9,11H,5-8H2,(H2,16,17,18,19). The number of ether oxygens (including phenoxy) is 1. The molecule has 0 saturated heterocycles. The molecule has 1 aliphatic heterocycles. The second-order valence-electron chi connectivity index (χ2n) is 5.41. The lowest BCUT2D eigenvalue weighted by Crippen LogP contribution is -2.19. The summed E-state index contributed by atoms with van der Waals surface area (Å²) in [5.74, 6) is 3.54. The molecule has 5 heteroatoms. The third-order valence-electron chi connectivity index (χ3n) is 3.90. The molecule has 5 nitrogen and oxygen atoms in total. The highest BCUT2D eigenvalue weighted by atomic mass is 16.5. The van der Waals surface area contributed by atoms with Crippen LogP contribution in [-0.2, 0) is 0 Å². The van der Waals surface area contributed by atoms with E-state index >= 15 is 0 Å². The van der Waals surface area contributed by atoms with Crippen LogP contribution in [0.1, 0.15) is 48.3 Å². The van der Waals surface area contributed by atoms with E-state index in [0.29, 0.717) is 18.5 Å². The number of nitrogens with zero attached hydrogens (tertiary/aromatic N) is 3. The molecule has 1 aromatic carbocycles. The second-order valence-corrected chi connectivity index (χ2v) is 5.41. The van der Waals surface area contributed by atoms with Gasteiger partial charge in [0.2, 0.25) is 5.95 Å². The summed E-state index contributed by atoms with van der Waals surface area (Å²) in [6.07, 6.45) is 3.20. The summed E-state index contributed by atoms with van der Waals surface area (Å²) in [6.45, 7) is 0.687. The maximum absolute atomic E-state index is 5.86. The van der Waals surface area contributed by atoms with Gasteiger partial charge in [-0.1, -0.05) is 18.2 Å².